The molecule has 1 N–H and O–H groups in total. The number of para-hydroxylation sites is 2. The molecule has 1 fully saturated rings. The summed E-state index contributed by atoms with van der Waals surface area (Å²) in [7, 11) is 0. The van der Waals surface area contributed by atoms with Gasteiger partial charge >= 0.3 is 5.97 Å². The predicted octanol–water partition coefficient (Wildman–Crippen LogP) is 6.53. The molecule has 1 aliphatic heterocycles. The van der Waals surface area contributed by atoms with Crippen LogP contribution in [0, 0.1) is 0 Å². The van der Waals surface area contributed by atoms with E-state index in [-0.39, 0.29) is 21.7 Å². The molecule has 0 aliphatic carbocycles. The Bertz CT molecular complexity index is 1590. The lowest BCUT2D eigenvalue weighted by atomic mass is 10.1. The van der Waals surface area contributed by atoms with E-state index in [0.717, 1.165) is 22.2 Å². The van der Waals surface area contributed by atoms with E-state index in [1.54, 1.807) is 29.2 Å². The van der Waals surface area contributed by atoms with Crippen LogP contribution < -0.4 is 9.64 Å². The van der Waals surface area contributed by atoms with Crippen LogP contribution in [0.1, 0.15) is 21.5 Å². The van der Waals surface area contributed by atoms with Crippen LogP contribution in [0.5, 0.6) is 5.75 Å². The molecule has 7 nitrogen and oxygen atoms in total. The van der Waals surface area contributed by atoms with Crippen LogP contribution in [0.15, 0.2) is 114 Å². The average molecular weight is 581 g/mol. The number of rotatable bonds is 9. The number of anilines is 2. The van der Waals surface area contributed by atoms with Gasteiger partial charge in [-0.05, 0) is 53.6 Å². The smallest absolute Gasteiger partial charge is 0.323 e. The Balaban J connectivity index is 1.55. The zero-order chi connectivity index (χ0) is 28.8. The Morgan fingerprint density at radius 3 is 2.05 bits per heavy atom. The van der Waals surface area contributed by atoms with Crippen molar-refractivity contribution in [2.45, 2.75) is 6.61 Å². The number of carboxylic acid groups (broad SMARTS) is 1. The minimum absolute atomic E-state index is 0.169. The van der Waals surface area contributed by atoms with E-state index in [1.807, 2.05) is 91.0 Å². The van der Waals surface area contributed by atoms with E-state index < -0.39 is 18.4 Å². The predicted molar refractivity (Wildman–Crippen MR) is 164 cm³/mol. The molecular weight excluding hydrogens is 556 g/mol. The van der Waals surface area contributed by atoms with Crippen LogP contribution in [0.4, 0.5) is 11.4 Å². The monoisotopic (exact) mass is 580 g/mol. The summed E-state index contributed by atoms with van der Waals surface area (Å²) in [6.07, 6.45) is 1.61. The molecule has 0 atom stereocenters. The number of thiocarbonyl (C=S) groups is 1. The van der Waals surface area contributed by atoms with E-state index in [1.165, 1.54) is 0 Å². The van der Waals surface area contributed by atoms with Gasteiger partial charge in [0.15, 0.2) is 0 Å². The van der Waals surface area contributed by atoms with Crippen molar-refractivity contribution in [3.8, 4) is 5.75 Å². The molecule has 1 heterocycles. The molecule has 5 rings (SSSR count). The molecule has 2 amide bonds. The molecule has 41 heavy (non-hydrogen) atoms. The number of hydrogen-bond donors (Lipinski definition) is 1. The highest BCUT2D eigenvalue weighted by molar-refractivity contribution is 8.26. The number of aliphatic carboxylic acids is 1. The van der Waals surface area contributed by atoms with Gasteiger partial charge in [-0.15, -0.1) is 0 Å². The third-order valence-corrected chi connectivity index (χ3v) is 7.55. The molecule has 1 saturated heterocycles. The van der Waals surface area contributed by atoms with Crippen LogP contribution in [-0.4, -0.2) is 38.7 Å². The molecular formula is C32H24N2O5S2. The van der Waals surface area contributed by atoms with Gasteiger partial charge < -0.3 is 9.84 Å². The third-order valence-electron chi connectivity index (χ3n) is 6.17. The molecule has 1 aliphatic rings. The Hall–Kier alpha value is -4.73. The Kier molecular flexibility index (Phi) is 8.57. The van der Waals surface area contributed by atoms with Crippen LogP contribution in [-0.2, 0) is 16.2 Å². The zero-order valence-electron chi connectivity index (χ0n) is 21.7. The molecule has 0 spiro atoms. The molecule has 0 bridgehead atoms. The molecule has 0 radical (unpaired) electrons. The number of benzene rings is 4. The summed E-state index contributed by atoms with van der Waals surface area (Å²) < 4.78 is 6.32. The Morgan fingerprint density at radius 2 is 1.46 bits per heavy atom. The minimum atomic E-state index is -1.16. The SMILES string of the molecule is O=C(O)CN1C(=O)C(=Cc2ccc(OCc3ccccc3)c(C(=O)N(c3ccccc3)c3ccccc3)c2)SC1=S. The fourth-order valence-corrected chi connectivity index (χ4v) is 5.50. The lowest BCUT2D eigenvalue weighted by Crippen LogP contribution is -2.33. The van der Waals surface area contributed by atoms with Crippen LogP contribution in [0.2, 0.25) is 0 Å². The molecule has 0 saturated carbocycles. The summed E-state index contributed by atoms with van der Waals surface area (Å²) in [5, 5.41) is 9.15. The van der Waals surface area contributed by atoms with Gasteiger partial charge in [-0.25, -0.2) is 0 Å². The van der Waals surface area contributed by atoms with E-state index in [2.05, 4.69) is 0 Å². The van der Waals surface area contributed by atoms with Crippen LogP contribution in [0.25, 0.3) is 6.08 Å². The van der Waals surface area contributed by atoms with Crippen molar-refractivity contribution in [1.29, 1.82) is 0 Å². The average Bonchev–Trinajstić information content (AvgIpc) is 3.25. The van der Waals surface area contributed by atoms with E-state index in [9.17, 15) is 14.4 Å². The van der Waals surface area contributed by atoms with E-state index in [0.29, 0.717) is 28.3 Å². The summed E-state index contributed by atoms with van der Waals surface area (Å²) in [5.41, 5.74) is 3.16. The maximum atomic E-state index is 14.3. The summed E-state index contributed by atoms with van der Waals surface area (Å²) in [6.45, 7) is -0.258. The largest absolute Gasteiger partial charge is 0.488 e. The van der Waals surface area contributed by atoms with Crippen molar-refractivity contribution < 1.29 is 24.2 Å². The number of amides is 2. The quantitative estimate of drug-likeness (QED) is 0.178. The summed E-state index contributed by atoms with van der Waals surface area (Å²) >= 11 is 6.25. The van der Waals surface area contributed by atoms with Gasteiger partial charge in [0.05, 0.1) is 10.5 Å². The number of thioether (sulfide) groups is 1. The number of hydrogen-bond acceptors (Lipinski definition) is 6. The number of nitrogens with zero attached hydrogens (tertiary/aromatic N) is 2. The second-order valence-electron chi connectivity index (χ2n) is 9.00. The summed E-state index contributed by atoms with van der Waals surface area (Å²) in [5.74, 6) is -1.59. The van der Waals surface area contributed by atoms with Crippen LogP contribution in [0.3, 0.4) is 0 Å². The van der Waals surface area contributed by atoms with Gasteiger partial charge in [-0.1, -0.05) is 96.8 Å². The number of carboxylic acids is 1. The number of carbonyl (C=O) groups is 3. The third kappa shape index (κ3) is 6.54. The maximum Gasteiger partial charge on any atom is 0.323 e. The first kappa shape index (κ1) is 27.8. The van der Waals surface area contributed by atoms with Gasteiger partial charge in [0.2, 0.25) is 0 Å². The first-order chi connectivity index (χ1) is 19.9. The van der Waals surface area contributed by atoms with E-state index in [4.69, 9.17) is 22.1 Å². The highest BCUT2D eigenvalue weighted by atomic mass is 32.2. The Morgan fingerprint density at radius 1 is 0.878 bits per heavy atom. The van der Waals surface area contributed by atoms with E-state index >= 15 is 0 Å². The highest BCUT2D eigenvalue weighted by Gasteiger charge is 2.33. The molecule has 9 heteroatoms. The van der Waals surface area contributed by atoms with Gasteiger partial charge in [-0.3, -0.25) is 24.2 Å². The number of carbonyl (C=O) groups excluding carboxylic acids is 2. The van der Waals surface area contributed by atoms with Crippen molar-refractivity contribution in [3.05, 3.63) is 131 Å². The Labute approximate surface area is 246 Å². The summed E-state index contributed by atoms with van der Waals surface area (Å²) in [4.78, 5) is 41.3. The zero-order valence-corrected chi connectivity index (χ0v) is 23.3. The second-order valence-corrected chi connectivity index (χ2v) is 10.7. The first-order valence-corrected chi connectivity index (χ1v) is 13.9. The molecule has 0 unspecified atom stereocenters. The first-order valence-electron chi connectivity index (χ1n) is 12.6. The highest BCUT2D eigenvalue weighted by Crippen LogP contribution is 2.35. The maximum absolute atomic E-state index is 14.3. The lowest BCUT2D eigenvalue weighted by molar-refractivity contribution is -0.140. The molecule has 204 valence electrons. The number of ether oxygens (including phenoxy) is 1. The fourth-order valence-electron chi connectivity index (χ4n) is 4.25. The molecule has 0 aromatic heterocycles. The molecule has 4 aromatic rings. The van der Waals surface area contributed by atoms with Gasteiger partial charge in [0, 0.05) is 11.4 Å². The van der Waals surface area contributed by atoms with Crippen molar-refractivity contribution in [2.24, 2.45) is 0 Å². The van der Waals surface area contributed by atoms with Crippen molar-refractivity contribution >= 4 is 63.5 Å². The van der Waals surface area contributed by atoms with Crippen molar-refractivity contribution in [2.75, 3.05) is 11.4 Å². The normalized spacial score (nSPS) is 13.9. The topological polar surface area (TPSA) is 87.1 Å². The van der Waals surface area contributed by atoms with Gasteiger partial charge in [-0.2, -0.15) is 0 Å². The minimum Gasteiger partial charge on any atom is -0.488 e. The standard InChI is InChI=1S/C32H24N2O5S2/c35-29(36)20-33-31(38)28(41-32(33)40)19-23-16-17-27(39-21-22-10-4-1-5-11-22)26(18-23)30(37)34(24-12-6-2-7-13-24)25-14-8-3-9-15-25/h1-19H,20-21H2,(H,35,36). The van der Waals surface area contributed by atoms with Gasteiger partial charge in [0.1, 0.15) is 23.2 Å². The molecule has 4 aromatic carbocycles. The second kappa shape index (κ2) is 12.6. The lowest BCUT2D eigenvalue weighted by Gasteiger charge is -2.24. The summed E-state index contributed by atoms with van der Waals surface area (Å²) in [6, 6.07) is 33.4. The van der Waals surface area contributed by atoms with Gasteiger partial charge in [0.25, 0.3) is 11.8 Å². The van der Waals surface area contributed by atoms with Crippen molar-refractivity contribution in [1.82, 2.24) is 4.90 Å². The van der Waals surface area contributed by atoms with Crippen molar-refractivity contribution in [3.63, 3.8) is 0 Å². The van der Waals surface area contributed by atoms with Crippen LogP contribution >= 0.6 is 24.0 Å². The fraction of sp³-hybridized carbons (Fsp3) is 0.0625.